The average Bonchev–Trinajstić information content (AvgIpc) is 2.87. The molecule has 2 bridgehead atoms. The van der Waals surface area contributed by atoms with Crippen molar-refractivity contribution in [2.24, 2.45) is 5.92 Å². The van der Waals surface area contributed by atoms with Crippen molar-refractivity contribution in [2.45, 2.75) is 25.4 Å². The van der Waals surface area contributed by atoms with Crippen molar-refractivity contribution in [1.29, 1.82) is 0 Å². The Morgan fingerprint density at radius 2 is 1.86 bits per heavy atom. The minimum absolute atomic E-state index is 0.0602. The Balaban J connectivity index is 1.36. The van der Waals surface area contributed by atoms with Crippen LogP contribution >= 0.6 is 0 Å². The zero-order valence-corrected chi connectivity index (χ0v) is 19.4. The van der Waals surface area contributed by atoms with E-state index in [1.807, 2.05) is 34.9 Å². The van der Waals surface area contributed by atoms with Crippen molar-refractivity contribution in [2.75, 3.05) is 20.2 Å². The van der Waals surface area contributed by atoms with Gasteiger partial charge in [-0.25, -0.2) is 0 Å². The Hall–Kier alpha value is -3.84. The summed E-state index contributed by atoms with van der Waals surface area (Å²) in [6.07, 6.45) is 2.51. The highest BCUT2D eigenvalue weighted by atomic mass is 16.5. The first-order chi connectivity index (χ1) is 17.0. The van der Waals surface area contributed by atoms with Gasteiger partial charge < -0.3 is 18.8 Å². The number of likely N-dealkylation sites (tertiary alicyclic amines) is 1. The molecular formula is C28H26N2O5. The van der Waals surface area contributed by atoms with E-state index >= 15 is 0 Å². The summed E-state index contributed by atoms with van der Waals surface area (Å²) in [7, 11) is 1.57. The zero-order valence-electron chi connectivity index (χ0n) is 19.4. The Morgan fingerprint density at radius 3 is 2.71 bits per heavy atom. The predicted molar refractivity (Wildman–Crippen MR) is 133 cm³/mol. The molecule has 7 heteroatoms. The fourth-order valence-electron chi connectivity index (χ4n) is 5.80. The second kappa shape index (κ2) is 8.43. The molecule has 4 aromatic rings. The maximum atomic E-state index is 13.4. The van der Waals surface area contributed by atoms with Gasteiger partial charge in [-0.15, -0.1) is 0 Å². The van der Waals surface area contributed by atoms with E-state index in [-0.39, 0.29) is 22.7 Å². The summed E-state index contributed by atoms with van der Waals surface area (Å²) in [6.45, 7) is 2.76. The van der Waals surface area contributed by atoms with E-state index in [1.165, 1.54) is 6.26 Å². The summed E-state index contributed by atoms with van der Waals surface area (Å²) in [5.41, 5.74) is 3.07. The topological polar surface area (TPSA) is 84.9 Å². The van der Waals surface area contributed by atoms with Crippen molar-refractivity contribution < 1.29 is 14.3 Å². The average molecular weight is 471 g/mol. The summed E-state index contributed by atoms with van der Waals surface area (Å²) >= 11 is 0. The van der Waals surface area contributed by atoms with Gasteiger partial charge in [0.05, 0.1) is 23.6 Å². The first-order valence-electron chi connectivity index (χ1n) is 11.9. The van der Waals surface area contributed by atoms with Crippen molar-refractivity contribution in [3.05, 3.63) is 92.7 Å². The lowest BCUT2D eigenvalue weighted by molar-refractivity contribution is 0.113. The lowest BCUT2D eigenvalue weighted by Crippen LogP contribution is -2.46. The largest absolute Gasteiger partial charge is 0.507 e. The molecule has 1 N–H and O–H groups in total. The van der Waals surface area contributed by atoms with E-state index in [1.54, 1.807) is 31.4 Å². The molecule has 0 unspecified atom stereocenters. The molecule has 0 saturated carbocycles. The Labute approximate surface area is 201 Å². The van der Waals surface area contributed by atoms with Gasteiger partial charge in [0.25, 0.3) is 5.56 Å². The van der Waals surface area contributed by atoms with Crippen LogP contribution in [0.25, 0.3) is 22.1 Å². The third-order valence-electron chi connectivity index (χ3n) is 7.35. The lowest BCUT2D eigenvalue weighted by atomic mass is 9.83. The van der Waals surface area contributed by atoms with Crippen LogP contribution in [0.2, 0.25) is 0 Å². The molecule has 6 rings (SSSR count). The van der Waals surface area contributed by atoms with E-state index in [4.69, 9.17) is 9.15 Å². The number of phenols is 1. The summed E-state index contributed by atoms with van der Waals surface area (Å²) in [5.74, 6) is 1.33. The van der Waals surface area contributed by atoms with Crippen molar-refractivity contribution >= 4 is 11.0 Å². The number of hydrogen-bond donors (Lipinski definition) is 1. The molecule has 0 spiro atoms. The number of aromatic hydroxyl groups is 1. The van der Waals surface area contributed by atoms with Crippen LogP contribution < -0.4 is 15.7 Å². The second-order valence-electron chi connectivity index (χ2n) is 9.51. The number of benzene rings is 2. The number of aromatic nitrogens is 1. The van der Waals surface area contributed by atoms with Crippen LogP contribution in [0.4, 0.5) is 0 Å². The van der Waals surface area contributed by atoms with E-state index in [0.29, 0.717) is 52.4 Å². The van der Waals surface area contributed by atoms with Gasteiger partial charge in [-0.2, -0.15) is 0 Å². The molecule has 2 aliphatic rings. The number of para-hydroxylation sites is 1. The highest BCUT2D eigenvalue weighted by Crippen LogP contribution is 2.37. The predicted octanol–water partition coefficient (Wildman–Crippen LogP) is 3.96. The third-order valence-corrected chi connectivity index (χ3v) is 7.35. The van der Waals surface area contributed by atoms with Crippen LogP contribution in [0.1, 0.15) is 23.6 Å². The highest BCUT2D eigenvalue weighted by molar-refractivity contribution is 5.86. The van der Waals surface area contributed by atoms with E-state index in [2.05, 4.69) is 4.90 Å². The standard InChI is InChI=1S/C28H26N2O5/c1-34-25-7-3-2-5-19(25)22-16-35-28-20(27(22)33)9-10-24(31)21(28)15-29-12-17-11-18(14-29)23-6-4-8-26(32)30(23)13-17/h2-10,16-18,31H,11-15H2,1H3/t17-,18+/m1/s1. The first kappa shape index (κ1) is 21.7. The molecule has 0 radical (unpaired) electrons. The summed E-state index contributed by atoms with van der Waals surface area (Å²) in [5, 5.41) is 11.2. The summed E-state index contributed by atoms with van der Waals surface area (Å²) in [4.78, 5) is 28.1. The van der Waals surface area contributed by atoms with Gasteiger partial charge in [-0.05, 0) is 36.6 Å². The van der Waals surface area contributed by atoms with Gasteiger partial charge in [-0.1, -0.05) is 24.3 Å². The number of methoxy groups -OCH3 is 1. The number of rotatable bonds is 4. The number of piperidine rings is 1. The molecule has 0 aliphatic carbocycles. The Kier molecular flexibility index (Phi) is 5.22. The first-order valence-corrected chi connectivity index (χ1v) is 11.9. The summed E-state index contributed by atoms with van der Waals surface area (Å²) in [6, 6.07) is 16.0. The monoisotopic (exact) mass is 470 g/mol. The van der Waals surface area contributed by atoms with E-state index in [9.17, 15) is 14.7 Å². The molecule has 2 atom stereocenters. The lowest BCUT2D eigenvalue weighted by Gasteiger charge is -2.42. The molecule has 178 valence electrons. The van der Waals surface area contributed by atoms with Gasteiger partial charge in [0, 0.05) is 49.4 Å². The van der Waals surface area contributed by atoms with Crippen molar-refractivity contribution in [3.8, 4) is 22.6 Å². The normalized spacial score (nSPS) is 19.5. The highest BCUT2D eigenvalue weighted by Gasteiger charge is 2.35. The van der Waals surface area contributed by atoms with Crippen LogP contribution in [-0.4, -0.2) is 34.8 Å². The van der Waals surface area contributed by atoms with Crippen LogP contribution in [0.3, 0.4) is 0 Å². The van der Waals surface area contributed by atoms with Gasteiger partial charge in [-0.3, -0.25) is 14.5 Å². The smallest absolute Gasteiger partial charge is 0.250 e. The van der Waals surface area contributed by atoms with Crippen LogP contribution in [0.15, 0.2) is 74.9 Å². The number of phenolic OH excluding ortho intramolecular Hbond substituents is 1. The van der Waals surface area contributed by atoms with Crippen molar-refractivity contribution in [1.82, 2.24) is 9.47 Å². The second-order valence-corrected chi connectivity index (χ2v) is 9.51. The molecule has 1 saturated heterocycles. The maximum absolute atomic E-state index is 13.4. The third kappa shape index (κ3) is 3.63. The minimum Gasteiger partial charge on any atom is -0.507 e. The number of nitrogens with zero attached hydrogens (tertiary/aromatic N) is 2. The van der Waals surface area contributed by atoms with Gasteiger partial charge in [0.1, 0.15) is 23.3 Å². The van der Waals surface area contributed by atoms with Crippen LogP contribution in [0.5, 0.6) is 11.5 Å². The maximum Gasteiger partial charge on any atom is 0.250 e. The minimum atomic E-state index is -0.166. The van der Waals surface area contributed by atoms with Crippen LogP contribution in [-0.2, 0) is 13.1 Å². The molecule has 2 aliphatic heterocycles. The SMILES string of the molecule is COc1ccccc1-c1coc2c(CN3C[C@H]4C[C@@H](C3)c3cccc(=O)n3C4)c(O)ccc2c1=O. The fraction of sp³-hybridized carbons (Fsp3) is 0.286. The number of ether oxygens (including phenoxy) is 1. The molecule has 4 heterocycles. The molecule has 35 heavy (non-hydrogen) atoms. The molecular weight excluding hydrogens is 444 g/mol. The van der Waals surface area contributed by atoms with Crippen LogP contribution in [0, 0.1) is 5.92 Å². The number of hydrogen-bond acceptors (Lipinski definition) is 6. The zero-order chi connectivity index (χ0) is 24.1. The van der Waals surface area contributed by atoms with Gasteiger partial charge >= 0.3 is 0 Å². The fourth-order valence-corrected chi connectivity index (χ4v) is 5.80. The van der Waals surface area contributed by atoms with Crippen molar-refractivity contribution in [3.63, 3.8) is 0 Å². The molecule has 2 aromatic carbocycles. The number of pyridine rings is 1. The van der Waals surface area contributed by atoms with E-state index < -0.39 is 0 Å². The molecule has 1 fully saturated rings. The quantitative estimate of drug-likeness (QED) is 0.486. The number of fused-ring (bicyclic) bond motifs is 5. The van der Waals surface area contributed by atoms with Gasteiger partial charge in [0.15, 0.2) is 0 Å². The van der Waals surface area contributed by atoms with Gasteiger partial charge in [0.2, 0.25) is 5.43 Å². The molecule has 7 nitrogen and oxygen atoms in total. The summed E-state index contributed by atoms with van der Waals surface area (Å²) < 4.78 is 13.3. The Morgan fingerprint density at radius 1 is 1.00 bits per heavy atom. The molecule has 0 amide bonds. The van der Waals surface area contributed by atoms with E-state index in [0.717, 1.165) is 25.2 Å². The Bertz CT molecular complexity index is 1550. The molecule has 2 aromatic heterocycles.